The molecule has 1 heterocycles. The van der Waals surface area contributed by atoms with E-state index in [1.54, 1.807) is 6.20 Å². The number of aromatic nitrogens is 1. The summed E-state index contributed by atoms with van der Waals surface area (Å²) >= 11 is 0. The van der Waals surface area contributed by atoms with Crippen molar-refractivity contribution in [3.05, 3.63) is 24.0 Å². The molecule has 88 valence electrons. The number of nitrogens with one attached hydrogen (secondary N) is 2. The van der Waals surface area contributed by atoms with Gasteiger partial charge in [-0.05, 0) is 12.1 Å². The van der Waals surface area contributed by atoms with Crippen LogP contribution in [-0.2, 0) is 16.0 Å². The summed E-state index contributed by atoms with van der Waals surface area (Å²) in [5.41, 5.74) is 6.23. The second-order valence-corrected chi connectivity index (χ2v) is 3.44. The summed E-state index contributed by atoms with van der Waals surface area (Å²) in [4.78, 5) is 24.6. The highest BCUT2D eigenvalue weighted by Gasteiger charge is 2.15. The lowest BCUT2D eigenvalue weighted by Crippen LogP contribution is -2.37. The van der Waals surface area contributed by atoms with Crippen molar-refractivity contribution in [2.24, 2.45) is 5.73 Å². The van der Waals surface area contributed by atoms with E-state index in [4.69, 9.17) is 10.8 Å². The standard InChI is InChI=1S/C10H15N3O3/c11-8(10(15)16)6-9(14)13-5-3-7-2-1-4-12-7/h1-2,4,8,12H,3,5-6,11H2,(H,13,14)(H,15,16). The van der Waals surface area contributed by atoms with Crippen LogP contribution in [0.3, 0.4) is 0 Å². The van der Waals surface area contributed by atoms with Crippen LogP contribution in [0.2, 0.25) is 0 Å². The van der Waals surface area contributed by atoms with E-state index < -0.39 is 12.0 Å². The minimum Gasteiger partial charge on any atom is -0.480 e. The van der Waals surface area contributed by atoms with Gasteiger partial charge in [-0.2, -0.15) is 0 Å². The average Bonchev–Trinajstić information content (AvgIpc) is 2.70. The quantitative estimate of drug-likeness (QED) is 0.522. The van der Waals surface area contributed by atoms with Crippen LogP contribution in [0, 0.1) is 0 Å². The van der Waals surface area contributed by atoms with Gasteiger partial charge < -0.3 is 21.1 Å². The number of hydrogen-bond donors (Lipinski definition) is 4. The zero-order valence-corrected chi connectivity index (χ0v) is 8.77. The highest BCUT2D eigenvalue weighted by molar-refractivity contribution is 5.84. The Kier molecular flexibility index (Phi) is 4.53. The Morgan fingerprint density at radius 1 is 1.56 bits per heavy atom. The van der Waals surface area contributed by atoms with Crippen LogP contribution in [0.5, 0.6) is 0 Å². The van der Waals surface area contributed by atoms with Crippen LogP contribution in [0.15, 0.2) is 18.3 Å². The average molecular weight is 225 g/mol. The first-order valence-corrected chi connectivity index (χ1v) is 4.97. The minimum atomic E-state index is -1.17. The van der Waals surface area contributed by atoms with Gasteiger partial charge in [0.15, 0.2) is 0 Å². The van der Waals surface area contributed by atoms with E-state index in [0.717, 1.165) is 5.69 Å². The Morgan fingerprint density at radius 3 is 2.88 bits per heavy atom. The van der Waals surface area contributed by atoms with Crippen molar-refractivity contribution >= 4 is 11.9 Å². The normalized spacial score (nSPS) is 12.1. The van der Waals surface area contributed by atoms with Gasteiger partial charge in [0.25, 0.3) is 0 Å². The van der Waals surface area contributed by atoms with E-state index >= 15 is 0 Å². The Hall–Kier alpha value is -1.82. The summed E-state index contributed by atoms with van der Waals surface area (Å²) < 4.78 is 0. The highest BCUT2D eigenvalue weighted by atomic mass is 16.4. The van der Waals surface area contributed by atoms with Gasteiger partial charge in [-0.15, -0.1) is 0 Å². The number of carbonyl (C=O) groups excluding carboxylic acids is 1. The fourth-order valence-corrected chi connectivity index (χ4v) is 1.22. The molecule has 0 saturated carbocycles. The van der Waals surface area contributed by atoms with Crippen molar-refractivity contribution in [1.82, 2.24) is 10.3 Å². The van der Waals surface area contributed by atoms with Gasteiger partial charge in [0.05, 0.1) is 6.42 Å². The van der Waals surface area contributed by atoms with E-state index in [-0.39, 0.29) is 12.3 Å². The number of carbonyl (C=O) groups is 2. The number of nitrogens with two attached hydrogens (primary N) is 1. The van der Waals surface area contributed by atoms with Crippen molar-refractivity contribution < 1.29 is 14.7 Å². The molecule has 0 radical (unpaired) electrons. The number of hydrogen-bond acceptors (Lipinski definition) is 3. The number of carboxylic acids is 1. The smallest absolute Gasteiger partial charge is 0.321 e. The van der Waals surface area contributed by atoms with Gasteiger partial charge in [0.1, 0.15) is 6.04 Å². The van der Waals surface area contributed by atoms with Crippen LogP contribution in [0.4, 0.5) is 0 Å². The van der Waals surface area contributed by atoms with Gasteiger partial charge in [-0.3, -0.25) is 9.59 Å². The lowest BCUT2D eigenvalue weighted by Gasteiger charge is -2.07. The molecule has 16 heavy (non-hydrogen) atoms. The lowest BCUT2D eigenvalue weighted by molar-refractivity contribution is -0.140. The molecule has 0 spiro atoms. The zero-order valence-electron chi connectivity index (χ0n) is 8.77. The molecule has 1 unspecified atom stereocenters. The number of aromatic amines is 1. The number of rotatable bonds is 6. The first-order chi connectivity index (χ1) is 7.59. The van der Waals surface area contributed by atoms with E-state index in [9.17, 15) is 9.59 Å². The third-order valence-corrected chi connectivity index (χ3v) is 2.10. The predicted molar refractivity (Wildman–Crippen MR) is 57.7 cm³/mol. The van der Waals surface area contributed by atoms with E-state index in [1.165, 1.54) is 0 Å². The van der Waals surface area contributed by atoms with E-state index in [0.29, 0.717) is 13.0 Å². The summed E-state index contributed by atoms with van der Waals surface area (Å²) in [6, 6.07) is 2.65. The molecule has 6 heteroatoms. The Morgan fingerprint density at radius 2 is 2.31 bits per heavy atom. The third-order valence-electron chi connectivity index (χ3n) is 2.10. The van der Waals surface area contributed by atoms with Gasteiger partial charge in [-0.25, -0.2) is 0 Å². The SMILES string of the molecule is NC(CC(=O)NCCc1ccc[nH]1)C(=O)O. The molecule has 0 fully saturated rings. The third kappa shape index (κ3) is 4.14. The second kappa shape index (κ2) is 5.92. The van der Waals surface area contributed by atoms with Gasteiger partial charge in [0.2, 0.25) is 5.91 Å². The maximum atomic E-state index is 11.2. The zero-order chi connectivity index (χ0) is 12.0. The van der Waals surface area contributed by atoms with Gasteiger partial charge in [0, 0.05) is 24.9 Å². The Labute approximate surface area is 92.8 Å². The molecule has 0 saturated heterocycles. The van der Waals surface area contributed by atoms with E-state index in [2.05, 4.69) is 10.3 Å². The number of aliphatic carboxylic acids is 1. The van der Waals surface area contributed by atoms with Gasteiger partial charge >= 0.3 is 5.97 Å². The summed E-state index contributed by atoms with van der Waals surface area (Å²) in [6.07, 6.45) is 2.29. The van der Waals surface area contributed by atoms with Crippen LogP contribution in [0.25, 0.3) is 0 Å². The molecule has 5 N–H and O–H groups in total. The first-order valence-electron chi connectivity index (χ1n) is 4.97. The number of H-pyrrole nitrogens is 1. The van der Waals surface area contributed by atoms with Crippen molar-refractivity contribution in [2.45, 2.75) is 18.9 Å². The summed E-state index contributed by atoms with van der Waals surface area (Å²) in [5, 5.41) is 11.1. The molecule has 1 amide bonds. The van der Waals surface area contributed by atoms with Gasteiger partial charge in [-0.1, -0.05) is 0 Å². The predicted octanol–water partition coefficient (Wildman–Crippen LogP) is -0.525. The van der Waals surface area contributed by atoms with Crippen molar-refractivity contribution in [2.75, 3.05) is 6.54 Å². The molecule has 0 aromatic carbocycles. The molecule has 1 aromatic rings. The Bertz CT molecular complexity index is 348. The second-order valence-electron chi connectivity index (χ2n) is 3.44. The van der Waals surface area contributed by atoms with Crippen LogP contribution >= 0.6 is 0 Å². The van der Waals surface area contributed by atoms with E-state index in [1.807, 2.05) is 12.1 Å². The number of amides is 1. The fourth-order valence-electron chi connectivity index (χ4n) is 1.22. The molecule has 1 atom stereocenters. The summed E-state index contributed by atoms with van der Waals surface area (Å²) in [6.45, 7) is 0.464. The first kappa shape index (κ1) is 12.3. The Balaban J connectivity index is 2.18. The molecule has 0 bridgehead atoms. The van der Waals surface area contributed by atoms with Crippen molar-refractivity contribution in [1.29, 1.82) is 0 Å². The molecule has 0 aliphatic carbocycles. The van der Waals surface area contributed by atoms with Crippen LogP contribution < -0.4 is 11.1 Å². The number of carboxylic acid groups (broad SMARTS) is 1. The lowest BCUT2D eigenvalue weighted by atomic mass is 10.2. The molecular weight excluding hydrogens is 210 g/mol. The molecule has 0 aliphatic rings. The molecule has 0 aliphatic heterocycles. The van der Waals surface area contributed by atoms with Crippen LogP contribution in [0.1, 0.15) is 12.1 Å². The molecule has 1 rings (SSSR count). The summed E-state index contributed by atoms with van der Waals surface area (Å²) in [7, 11) is 0. The maximum Gasteiger partial charge on any atom is 0.321 e. The molecule has 6 nitrogen and oxygen atoms in total. The monoisotopic (exact) mass is 225 g/mol. The van der Waals surface area contributed by atoms with Crippen LogP contribution in [-0.4, -0.2) is 34.6 Å². The van der Waals surface area contributed by atoms with Crippen molar-refractivity contribution in [3.8, 4) is 0 Å². The topological polar surface area (TPSA) is 108 Å². The van der Waals surface area contributed by atoms with Crippen molar-refractivity contribution in [3.63, 3.8) is 0 Å². The summed E-state index contributed by atoms with van der Waals surface area (Å²) in [5.74, 6) is -1.51. The molecule has 1 aromatic heterocycles. The highest BCUT2D eigenvalue weighted by Crippen LogP contribution is 1.94. The fraction of sp³-hybridized carbons (Fsp3) is 0.400. The minimum absolute atomic E-state index is 0.194. The largest absolute Gasteiger partial charge is 0.480 e. The molecular formula is C10H15N3O3. The maximum absolute atomic E-state index is 11.2.